The van der Waals surface area contributed by atoms with E-state index < -0.39 is 34.1 Å². The van der Waals surface area contributed by atoms with Crippen molar-refractivity contribution in [3.63, 3.8) is 0 Å². The Morgan fingerprint density at radius 3 is 2.03 bits per heavy atom. The number of halogens is 3. The molecule has 0 aliphatic heterocycles. The Kier molecular flexibility index (Phi) is 11.1. The standard InChI is InChI=1S/C16H12F3NO5.2C2H6/c1-24-15(21)11-4-2-10(3-5-11)9-25-14-8-12(16(17,18)19)6-7-13(14)20(22)23;2*1-2/h2-8H,9H2,1H3;2*1-2H3. The first-order chi connectivity index (χ1) is 13.7. The molecule has 0 bridgehead atoms. The normalized spacial score (nSPS) is 9.93. The lowest BCUT2D eigenvalue weighted by Crippen LogP contribution is -2.07. The predicted molar refractivity (Wildman–Crippen MR) is 103 cm³/mol. The van der Waals surface area contributed by atoms with Gasteiger partial charge in [-0.05, 0) is 29.8 Å². The molecule has 0 radical (unpaired) electrons. The van der Waals surface area contributed by atoms with Gasteiger partial charge in [0.2, 0.25) is 0 Å². The van der Waals surface area contributed by atoms with Crippen molar-refractivity contribution in [2.24, 2.45) is 0 Å². The Bertz CT molecular complexity index is 790. The van der Waals surface area contributed by atoms with E-state index >= 15 is 0 Å². The number of ether oxygens (including phenoxy) is 2. The highest BCUT2D eigenvalue weighted by molar-refractivity contribution is 5.89. The van der Waals surface area contributed by atoms with Crippen molar-refractivity contribution in [2.45, 2.75) is 40.5 Å². The topological polar surface area (TPSA) is 78.7 Å². The van der Waals surface area contributed by atoms with Crippen LogP contribution in [0, 0.1) is 10.1 Å². The largest absolute Gasteiger partial charge is 0.482 e. The molecule has 2 aromatic rings. The van der Waals surface area contributed by atoms with Gasteiger partial charge >= 0.3 is 17.8 Å². The quantitative estimate of drug-likeness (QED) is 0.338. The number of methoxy groups -OCH3 is 1. The van der Waals surface area contributed by atoms with Crippen LogP contribution in [0.15, 0.2) is 42.5 Å². The number of hydrogen-bond donors (Lipinski definition) is 0. The molecule has 0 heterocycles. The fraction of sp³-hybridized carbons (Fsp3) is 0.350. The Balaban J connectivity index is 0.00000184. The maximum Gasteiger partial charge on any atom is 0.416 e. The first kappa shape index (κ1) is 25.9. The van der Waals surface area contributed by atoms with Gasteiger partial charge in [-0.3, -0.25) is 10.1 Å². The first-order valence-electron chi connectivity index (χ1n) is 8.88. The summed E-state index contributed by atoms with van der Waals surface area (Å²) in [4.78, 5) is 21.4. The summed E-state index contributed by atoms with van der Waals surface area (Å²) < 4.78 is 48.0. The number of carbonyl (C=O) groups excluding carboxylic acids is 1. The fourth-order valence-corrected chi connectivity index (χ4v) is 1.97. The third kappa shape index (κ3) is 7.81. The van der Waals surface area contributed by atoms with Gasteiger partial charge in [0.05, 0.1) is 23.2 Å². The van der Waals surface area contributed by atoms with E-state index in [4.69, 9.17) is 4.74 Å². The zero-order valence-corrected chi connectivity index (χ0v) is 16.9. The number of nitrogens with zero attached hydrogens (tertiary/aromatic N) is 1. The summed E-state index contributed by atoms with van der Waals surface area (Å²) in [6.45, 7) is 7.80. The molecule has 0 N–H and O–H groups in total. The first-order valence-corrected chi connectivity index (χ1v) is 8.88. The van der Waals surface area contributed by atoms with E-state index in [0.29, 0.717) is 17.7 Å². The van der Waals surface area contributed by atoms with Crippen molar-refractivity contribution < 1.29 is 32.4 Å². The second-order valence-corrected chi connectivity index (χ2v) is 4.91. The van der Waals surface area contributed by atoms with Crippen molar-refractivity contribution in [3.05, 3.63) is 69.3 Å². The van der Waals surface area contributed by atoms with Gasteiger partial charge in [-0.2, -0.15) is 13.2 Å². The zero-order valence-electron chi connectivity index (χ0n) is 16.9. The number of esters is 1. The van der Waals surface area contributed by atoms with Crippen LogP contribution in [0.3, 0.4) is 0 Å². The van der Waals surface area contributed by atoms with Gasteiger partial charge in [0.25, 0.3) is 0 Å². The molecule has 0 aliphatic rings. The SMILES string of the molecule is CC.CC.COC(=O)c1ccc(COc2cc(C(F)(F)F)ccc2[N+](=O)[O-])cc1. The minimum absolute atomic E-state index is 0.205. The highest BCUT2D eigenvalue weighted by Crippen LogP contribution is 2.36. The molecule has 160 valence electrons. The van der Waals surface area contributed by atoms with Gasteiger partial charge < -0.3 is 9.47 Å². The van der Waals surface area contributed by atoms with Gasteiger partial charge in [-0.25, -0.2) is 4.79 Å². The number of hydrogen-bond acceptors (Lipinski definition) is 5. The van der Waals surface area contributed by atoms with E-state index in [1.165, 1.54) is 31.4 Å². The Morgan fingerprint density at radius 1 is 1.03 bits per heavy atom. The summed E-state index contributed by atoms with van der Waals surface area (Å²) in [5, 5.41) is 10.9. The molecular formula is C20H24F3NO5. The van der Waals surface area contributed by atoms with Gasteiger partial charge in [0.1, 0.15) is 6.61 Å². The van der Waals surface area contributed by atoms with Crippen molar-refractivity contribution >= 4 is 11.7 Å². The van der Waals surface area contributed by atoms with Gasteiger partial charge in [-0.15, -0.1) is 0 Å². The summed E-state index contributed by atoms with van der Waals surface area (Å²) in [5.41, 5.74) is -0.816. The van der Waals surface area contributed by atoms with Crippen LogP contribution in [-0.4, -0.2) is 18.0 Å². The molecule has 29 heavy (non-hydrogen) atoms. The lowest BCUT2D eigenvalue weighted by molar-refractivity contribution is -0.386. The molecule has 9 heteroatoms. The lowest BCUT2D eigenvalue weighted by atomic mass is 10.1. The molecule has 6 nitrogen and oxygen atoms in total. The van der Waals surface area contributed by atoms with E-state index in [0.717, 1.165) is 6.07 Å². The monoisotopic (exact) mass is 415 g/mol. The number of alkyl halides is 3. The highest BCUT2D eigenvalue weighted by Gasteiger charge is 2.32. The lowest BCUT2D eigenvalue weighted by Gasteiger charge is -2.11. The minimum Gasteiger partial charge on any atom is -0.482 e. The third-order valence-electron chi connectivity index (χ3n) is 3.25. The third-order valence-corrected chi connectivity index (χ3v) is 3.25. The van der Waals surface area contributed by atoms with Gasteiger partial charge in [0, 0.05) is 6.07 Å². The number of nitro groups is 1. The van der Waals surface area contributed by atoms with Crippen molar-refractivity contribution in [1.29, 1.82) is 0 Å². The molecule has 2 rings (SSSR count). The number of nitro benzene ring substituents is 1. The molecular weight excluding hydrogens is 391 g/mol. The van der Waals surface area contributed by atoms with Gasteiger partial charge in [-0.1, -0.05) is 39.8 Å². The molecule has 0 fully saturated rings. The fourth-order valence-electron chi connectivity index (χ4n) is 1.97. The Labute approximate surface area is 167 Å². The molecule has 2 aromatic carbocycles. The number of carbonyl (C=O) groups is 1. The van der Waals surface area contributed by atoms with Crippen LogP contribution >= 0.6 is 0 Å². The smallest absolute Gasteiger partial charge is 0.416 e. The number of benzene rings is 2. The second-order valence-electron chi connectivity index (χ2n) is 4.91. The molecule has 0 saturated heterocycles. The molecule has 0 amide bonds. The number of rotatable bonds is 5. The van der Waals surface area contributed by atoms with E-state index in [1.807, 2.05) is 27.7 Å². The van der Waals surface area contributed by atoms with Crippen molar-refractivity contribution in [1.82, 2.24) is 0 Å². The summed E-state index contributed by atoms with van der Waals surface area (Å²) in [5.74, 6) is -1.03. The summed E-state index contributed by atoms with van der Waals surface area (Å²) in [6, 6.07) is 7.86. The average molecular weight is 415 g/mol. The summed E-state index contributed by atoms with van der Waals surface area (Å²) in [6.07, 6.45) is -4.64. The summed E-state index contributed by atoms with van der Waals surface area (Å²) in [7, 11) is 1.23. The Hall–Kier alpha value is -3.10. The molecule has 0 unspecified atom stereocenters. The predicted octanol–water partition coefficient (Wildman–Crippen LogP) is 6.03. The van der Waals surface area contributed by atoms with Crippen LogP contribution in [0.1, 0.15) is 49.2 Å². The van der Waals surface area contributed by atoms with Crippen molar-refractivity contribution in [3.8, 4) is 5.75 Å². The maximum atomic E-state index is 12.7. The van der Waals surface area contributed by atoms with E-state index in [9.17, 15) is 28.1 Å². The highest BCUT2D eigenvalue weighted by atomic mass is 19.4. The van der Waals surface area contributed by atoms with Crippen LogP contribution < -0.4 is 4.74 Å². The molecule has 0 spiro atoms. The van der Waals surface area contributed by atoms with Crippen LogP contribution in [0.25, 0.3) is 0 Å². The van der Waals surface area contributed by atoms with E-state index in [1.54, 1.807) is 0 Å². The van der Waals surface area contributed by atoms with Gasteiger partial charge in [0.15, 0.2) is 5.75 Å². The van der Waals surface area contributed by atoms with Crippen LogP contribution in [0.4, 0.5) is 18.9 Å². The van der Waals surface area contributed by atoms with Crippen LogP contribution in [0.5, 0.6) is 5.75 Å². The van der Waals surface area contributed by atoms with E-state index in [-0.39, 0.29) is 12.2 Å². The Morgan fingerprint density at radius 2 is 1.59 bits per heavy atom. The average Bonchev–Trinajstić information content (AvgIpc) is 2.74. The molecule has 0 atom stereocenters. The second kappa shape index (κ2) is 12.4. The summed E-state index contributed by atoms with van der Waals surface area (Å²) >= 11 is 0. The van der Waals surface area contributed by atoms with E-state index in [2.05, 4.69) is 4.74 Å². The molecule has 0 aromatic heterocycles. The zero-order chi connectivity index (χ0) is 22.6. The molecule has 0 aliphatic carbocycles. The van der Waals surface area contributed by atoms with Crippen LogP contribution in [-0.2, 0) is 17.5 Å². The van der Waals surface area contributed by atoms with Crippen molar-refractivity contribution in [2.75, 3.05) is 7.11 Å². The molecule has 0 saturated carbocycles. The minimum atomic E-state index is -4.64. The van der Waals surface area contributed by atoms with Crippen LogP contribution in [0.2, 0.25) is 0 Å². The maximum absolute atomic E-state index is 12.7.